The molecule has 3 N–H and O–H groups in total. The molecule has 1 aromatic heterocycles. The van der Waals surface area contributed by atoms with Gasteiger partial charge >= 0.3 is 0 Å². The van der Waals surface area contributed by atoms with Gasteiger partial charge in [-0.25, -0.2) is 0 Å². The predicted molar refractivity (Wildman–Crippen MR) is 89.9 cm³/mol. The Labute approximate surface area is 140 Å². The summed E-state index contributed by atoms with van der Waals surface area (Å²) in [5, 5.41) is 16.4. The van der Waals surface area contributed by atoms with Crippen LogP contribution in [0.25, 0.3) is 10.9 Å². The van der Waals surface area contributed by atoms with E-state index >= 15 is 0 Å². The summed E-state index contributed by atoms with van der Waals surface area (Å²) >= 11 is 0. The molecule has 0 aliphatic carbocycles. The quantitative estimate of drug-likeness (QED) is 0.751. The number of hydrogen-bond donors (Lipinski definition) is 2. The van der Waals surface area contributed by atoms with Crippen molar-refractivity contribution >= 4 is 22.7 Å². The lowest BCUT2D eigenvalue weighted by Gasteiger charge is -2.18. The van der Waals surface area contributed by atoms with E-state index in [0.717, 1.165) is 5.52 Å². The number of hydrogen-bond acceptors (Lipinski definition) is 4. The molecule has 24 heavy (non-hydrogen) atoms. The molecular weight excluding hydrogens is 306 g/mol. The summed E-state index contributed by atoms with van der Waals surface area (Å²) in [7, 11) is 0. The number of fused-ring (bicyclic) bond motifs is 1. The first-order valence-corrected chi connectivity index (χ1v) is 7.88. The molecule has 0 spiro atoms. The topological polar surface area (TPSA) is 114 Å². The van der Waals surface area contributed by atoms with Crippen molar-refractivity contribution in [1.82, 2.24) is 15.1 Å². The van der Waals surface area contributed by atoms with Crippen molar-refractivity contribution in [3.05, 3.63) is 30.0 Å². The fourth-order valence-corrected chi connectivity index (χ4v) is 2.55. The van der Waals surface area contributed by atoms with E-state index in [1.54, 1.807) is 4.68 Å². The van der Waals surface area contributed by atoms with E-state index in [1.807, 2.05) is 38.1 Å². The van der Waals surface area contributed by atoms with Crippen LogP contribution in [0.5, 0.6) is 0 Å². The Morgan fingerprint density at radius 1 is 1.38 bits per heavy atom. The zero-order valence-corrected chi connectivity index (χ0v) is 13.8. The number of primary amides is 1. The zero-order chi connectivity index (χ0) is 17.7. The average molecular weight is 327 g/mol. The van der Waals surface area contributed by atoms with Crippen LogP contribution in [-0.4, -0.2) is 27.6 Å². The van der Waals surface area contributed by atoms with Gasteiger partial charge in [0.25, 0.3) is 5.91 Å². The Morgan fingerprint density at radius 2 is 2.08 bits per heavy atom. The van der Waals surface area contributed by atoms with E-state index in [0.29, 0.717) is 24.8 Å². The lowest BCUT2D eigenvalue weighted by molar-refractivity contribution is -0.120. The molecule has 2 rings (SSSR count). The molecule has 0 aliphatic heterocycles. The zero-order valence-electron chi connectivity index (χ0n) is 13.8. The van der Waals surface area contributed by atoms with E-state index in [9.17, 15) is 9.59 Å². The highest BCUT2D eigenvalue weighted by Crippen LogP contribution is 2.19. The van der Waals surface area contributed by atoms with Crippen molar-refractivity contribution in [2.75, 3.05) is 0 Å². The van der Waals surface area contributed by atoms with Crippen molar-refractivity contribution < 1.29 is 9.59 Å². The fourth-order valence-electron chi connectivity index (χ4n) is 2.55. The van der Waals surface area contributed by atoms with Crippen LogP contribution in [0.4, 0.5) is 0 Å². The molecule has 126 valence electrons. The first-order chi connectivity index (χ1) is 11.5. The number of para-hydroxylation sites is 1. The van der Waals surface area contributed by atoms with Crippen LogP contribution in [0.2, 0.25) is 0 Å². The van der Waals surface area contributed by atoms with Gasteiger partial charge in [-0.2, -0.15) is 10.4 Å². The predicted octanol–water partition coefficient (Wildman–Crippen LogP) is 1.58. The molecule has 0 unspecified atom stereocenters. The number of nitrogens with two attached hydrogens (primary N) is 1. The number of carbonyl (C=O) groups is 2. The van der Waals surface area contributed by atoms with Crippen molar-refractivity contribution in [2.24, 2.45) is 11.7 Å². The number of nitrogens with one attached hydrogen (secondary N) is 1. The number of nitriles is 1. The molecule has 1 heterocycles. The smallest absolute Gasteiger partial charge is 0.273 e. The summed E-state index contributed by atoms with van der Waals surface area (Å²) in [5.41, 5.74) is 6.43. The summed E-state index contributed by atoms with van der Waals surface area (Å²) in [4.78, 5) is 24.1. The molecule has 7 heteroatoms. The lowest BCUT2D eigenvalue weighted by Crippen LogP contribution is -2.47. The second-order valence-electron chi connectivity index (χ2n) is 5.95. The van der Waals surface area contributed by atoms with E-state index in [1.165, 1.54) is 0 Å². The third-order valence-electron chi connectivity index (χ3n) is 3.79. The van der Waals surface area contributed by atoms with E-state index in [2.05, 4.69) is 16.5 Å². The van der Waals surface area contributed by atoms with Gasteiger partial charge in [0.05, 0.1) is 11.6 Å². The van der Waals surface area contributed by atoms with E-state index in [4.69, 9.17) is 11.0 Å². The Morgan fingerprint density at radius 3 is 2.71 bits per heavy atom. The molecule has 2 amide bonds. The van der Waals surface area contributed by atoms with Crippen LogP contribution in [0, 0.1) is 17.2 Å². The van der Waals surface area contributed by atoms with Crippen LogP contribution < -0.4 is 11.1 Å². The van der Waals surface area contributed by atoms with Crippen LogP contribution in [0.3, 0.4) is 0 Å². The van der Waals surface area contributed by atoms with Gasteiger partial charge in [-0.3, -0.25) is 14.3 Å². The van der Waals surface area contributed by atoms with Crippen LogP contribution >= 0.6 is 0 Å². The number of carbonyl (C=O) groups excluding carboxylic acids is 2. The molecule has 1 atom stereocenters. The molecule has 0 saturated heterocycles. The summed E-state index contributed by atoms with van der Waals surface area (Å²) in [5.74, 6) is -1.12. The van der Waals surface area contributed by atoms with Crippen LogP contribution in [0.1, 0.15) is 37.2 Å². The van der Waals surface area contributed by atoms with Crippen molar-refractivity contribution in [2.45, 2.75) is 39.3 Å². The van der Waals surface area contributed by atoms with Gasteiger partial charge in [-0.05, 0) is 18.4 Å². The third-order valence-corrected chi connectivity index (χ3v) is 3.79. The molecule has 7 nitrogen and oxygen atoms in total. The maximum Gasteiger partial charge on any atom is 0.273 e. The van der Waals surface area contributed by atoms with Crippen LogP contribution in [-0.2, 0) is 11.3 Å². The van der Waals surface area contributed by atoms with Gasteiger partial charge in [0, 0.05) is 18.4 Å². The van der Waals surface area contributed by atoms with Gasteiger partial charge < -0.3 is 11.1 Å². The van der Waals surface area contributed by atoms with Gasteiger partial charge in [0.1, 0.15) is 6.04 Å². The Bertz CT molecular complexity index is 788. The number of aromatic nitrogens is 2. The van der Waals surface area contributed by atoms with Crippen molar-refractivity contribution in [3.8, 4) is 6.07 Å². The Kier molecular flexibility index (Phi) is 5.53. The first-order valence-electron chi connectivity index (χ1n) is 7.88. The lowest BCUT2D eigenvalue weighted by atomic mass is 10.0. The minimum atomic E-state index is -0.750. The average Bonchev–Trinajstić information content (AvgIpc) is 2.91. The highest BCUT2D eigenvalue weighted by molar-refractivity contribution is 6.06. The highest BCUT2D eigenvalue weighted by atomic mass is 16.2. The second-order valence-corrected chi connectivity index (χ2v) is 5.95. The van der Waals surface area contributed by atoms with Gasteiger partial charge in [-0.15, -0.1) is 0 Å². The number of rotatable bonds is 7. The normalized spacial score (nSPS) is 12.1. The maximum atomic E-state index is 12.6. The molecule has 0 bridgehead atoms. The third kappa shape index (κ3) is 3.71. The molecule has 0 saturated carbocycles. The SMILES string of the molecule is CC(C)[C@H](NC(=O)c1nn(CCCC#N)c2ccccc12)C(N)=O. The van der Waals surface area contributed by atoms with Gasteiger partial charge in [0.15, 0.2) is 5.69 Å². The molecule has 0 fully saturated rings. The maximum absolute atomic E-state index is 12.6. The van der Waals surface area contributed by atoms with E-state index in [-0.39, 0.29) is 11.6 Å². The summed E-state index contributed by atoms with van der Waals surface area (Å²) in [6.07, 6.45) is 1.08. The Balaban J connectivity index is 2.32. The van der Waals surface area contributed by atoms with E-state index < -0.39 is 17.9 Å². The minimum Gasteiger partial charge on any atom is -0.368 e. The minimum absolute atomic E-state index is 0.115. The van der Waals surface area contributed by atoms with Crippen molar-refractivity contribution in [1.29, 1.82) is 5.26 Å². The molecule has 0 aliphatic rings. The van der Waals surface area contributed by atoms with Crippen molar-refractivity contribution in [3.63, 3.8) is 0 Å². The number of aryl methyl sites for hydroxylation is 1. The number of unbranched alkanes of at least 4 members (excludes halogenated alkanes) is 1. The monoisotopic (exact) mass is 327 g/mol. The van der Waals surface area contributed by atoms with Gasteiger partial charge in [0.2, 0.25) is 5.91 Å². The fraction of sp³-hybridized carbons (Fsp3) is 0.412. The molecule has 0 radical (unpaired) electrons. The standard InChI is InChI=1S/C17H21N5O2/c1-11(2)14(16(19)23)20-17(24)15-12-7-3-4-8-13(12)22(21-15)10-6-5-9-18/h3-4,7-8,11,14H,5-6,10H2,1-2H3,(H2,19,23)(H,20,24)/t14-/m0/s1. The van der Waals surface area contributed by atoms with Crippen LogP contribution in [0.15, 0.2) is 24.3 Å². The molecule has 2 aromatic rings. The largest absolute Gasteiger partial charge is 0.368 e. The number of nitrogens with zero attached hydrogens (tertiary/aromatic N) is 3. The first kappa shape index (κ1) is 17.5. The molecular formula is C17H21N5O2. The summed E-state index contributed by atoms with van der Waals surface area (Å²) in [6.45, 7) is 4.17. The summed E-state index contributed by atoms with van der Waals surface area (Å²) in [6, 6.07) is 8.73. The number of amides is 2. The number of benzene rings is 1. The Hall–Kier alpha value is -2.88. The van der Waals surface area contributed by atoms with Gasteiger partial charge in [-0.1, -0.05) is 32.0 Å². The second kappa shape index (κ2) is 7.59. The summed E-state index contributed by atoms with van der Waals surface area (Å²) < 4.78 is 1.72. The highest BCUT2D eigenvalue weighted by Gasteiger charge is 2.25. The molecule has 1 aromatic carbocycles.